The maximum absolute atomic E-state index is 12.4. The average Bonchev–Trinajstić information content (AvgIpc) is 2.49. The van der Waals surface area contributed by atoms with E-state index < -0.39 is 0 Å². The number of carbonyl (C=O) groups excluding carboxylic acids is 1. The quantitative estimate of drug-likeness (QED) is 0.794. The van der Waals surface area contributed by atoms with Crippen LogP contribution in [0.25, 0.3) is 0 Å². The molecule has 0 bridgehead atoms. The van der Waals surface area contributed by atoms with E-state index in [1.54, 1.807) is 0 Å². The molecule has 4 nitrogen and oxygen atoms in total. The second-order valence-electron chi connectivity index (χ2n) is 7.36. The molecule has 0 aromatic rings. The van der Waals surface area contributed by atoms with Crippen LogP contribution in [0.4, 0.5) is 4.79 Å². The Hall–Kier alpha value is -0.770. The summed E-state index contributed by atoms with van der Waals surface area (Å²) in [5, 5.41) is 3.13. The first-order valence-electron chi connectivity index (χ1n) is 7.46. The summed E-state index contributed by atoms with van der Waals surface area (Å²) in [6.07, 6.45) is 3.68. The van der Waals surface area contributed by atoms with Gasteiger partial charge in [0, 0.05) is 24.5 Å². The highest BCUT2D eigenvalue weighted by Crippen LogP contribution is 2.42. The molecule has 1 aliphatic carbocycles. The maximum atomic E-state index is 12.4. The Kier molecular flexibility index (Phi) is 4.09. The minimum absolute atomic E-state index is 0.0687. The maximum Gasteiger partial charge on any atom is 0.317 e. The van der Waals surface area contributed by atoms with Crippen molar-refractivity contribution >= 4 is 6.03 Å². The zero-order chi connectivity index (χ0) is 14.1. The zero-order valence-electron chi connectivity index (χ0n) is 12.8. The molecule has 2 fully saturated rings. The van der Waals surface area contributed by atoms with Crippen LogP contribution in [0, 0.1) is 10.8 Å². The van der Waals surface area contributed by atoms with Crippen molar-refractivity contribution in [3.8, 4) is 0 Å². The highest BCUT2D eigenvalue weighted by Gasteiger charge is 2.41. The number of amides is 2. The molecule has 1 aliphatic heterocycles. The molecule has 1 saturated carbocycles. The fourth-order valence-corrected chi connectivity index (χ4v) is 2.64. The van der Waals surface area contributed by atoms with Crippen LogP contribution < -0.4 is 5.32 Å². The van der Waals surface area contributed by atoms with Gasteiger partial charge in [0.25, 0.3) is 0 Å². The van der Waals surface area contributed by atoms with Crippen molar-refractivity contribution in [3.63, 3.8) is 0 Å². The van der Waals surface area contributed by atoms with Crippen LogP contribution in [-0.2, 0) is 4.74 Å². The third-order valence-electron chi connectivity index (χ3n) is 4.78. The first kappa shape index (κ1) is 14.6. The fraction of sp³-hybridized carbons (Fsp3) is 0.933. The number of ether oxygens (including phenoxy) is 1. The number of carbonyl (C=O) groups is 1. The Morgan fingerprint density at radius 2 is 2.05 bits per heavy atom. The Balaban J connectivity index is 1.94. The van der Waals surface area contributed by atoms with E-state index >= 15 is 0 Å². The number of nitrogens with zero attached hydrogens (tertiary/aromatic N) is 1. The van der Waals surface area contributed by atoms with Gasteiger partial charge in [-0.15, -0.1) is 0 Å². The fourth-order valence-electron chi connectivity index (χ4n) is 2.64. The van der Waals surface area contributed by atoms with Crippen molar-refractivity contribution in [2.75, 3.05) is 26.3 Å². The summed E-state index contributed by atoms with van der Waals surface area (Å²) in [5.74, 6) is 0. The zero-order valence-corrected chi connectivity index (χ0v) is 12.8. The van der Waals surface area contributed by atoms with Gasteiger partial charge in [-0.1, -0.05) is 27.2 Å². The highest BCUT2D eigenvalue weighted by molar-refractivity contribution is 5.74. The van der Waals surface area contributed by atoms with Crippen molar-refractivity contribution < 1.29 is 9.53 Å². The molecule has 0 unspecified atom stereocenters. The third kappa shape index (κ3) is 3.41. The van der Waals surface area contributed by atoms with Crippen LogP contribution in [0.1, 0.15) is 47.0 Å². The predicted octanol–water partition coefficient (Wildman–Crippen LogP) is 2.63. The highest BCUT2D eigenvalue weighted by atomic mass is 16.5. The summed E-state index contributed by atoms with van der Waals surface area (Å²) in [5.41, 5.74) is 0.338. The largest absolute Gasteiger partial charge is 0.379 e. The molecule has 4 heteroatoms. The second kappa shape index (κ2) is 5.31. The molecule has 1 spiro atoms. The lowest BCUT2D eigenvalue weighted by Gasteiger charge is -2.43. The number of nitrogens with one attached hydrogen (secondary N) is 1. The van der Waals surface area contributed by atoms with E-state index in [-0.39, 0.29) is 22.9 Å². The Labute approximate surface area is 116 Å². The molecule has 1 saturated heterocycles. The lowest BCUT2D eigenvalue weighted by Crippen LogP contribution is -2.52. The van der Waals surface area contributed by atoms with Crippen molar-refractivity contribution in [3.05, 3.63) is 0 Å². The molecule has 1 atom stereocenters. The molecular weight excluding hydrogens is 240 g/mol. The lowest BCUT2D eigenvalue weighted by molar-refractivity contribution is 0.0125. The van der Waals surface area contributed by atoms with E-state index in [1.807, 2.05) is 4.90 Å². The van der Waals surface area contributed by atoms with E-state index in [0.717, 1.165) is 13.2 Å². The van der Waals surface area contributed by atoms with Crippen LogP contribution >= 0.6 is 0 Å². The van der Waals surface area contributed by atoms with E-state index in [1.165, 1.54) is 19.3 Å². The van der Waals surface area contributed by atoms with Crippen LogP contribution in [0.15, 0.2) is 0 Å². The predicted molar refractivity (Wildman–Crippen MR) is 76.1 cm³/mol. The first-order valence-corrected chi connectivity index (χ1v) is 7.46. The van der Waals surface area contributed by atoms with E-state index in [0.29, 0.717) is 13.2 Å². The summed E-state index contributed by atoms with van der Waals surface area (Å²) >= 11 is 0. The summed E-state index contributed by atoms with van der Waals surface area (Å²) < 4.78 is 5.68. The number of urea groups is 1. The van der Waals surface area contributed by atoms with Gasteiger partial charge in [0.05, 0.1) is 13.2 Å². The van der Waals surface area contributed by atoms with Crippen LogP contribution in [0.5, 0.6) is 0 Å². The average molecular weight is 268 g/mol. The molecule has 2 amide bonds. The first-order chi connectivity index (χ1) is 8.82. The Bertz CT molecular complexity index is 332. The molecule has 110 valence electrons. The summed E-state index contributed by atoms with van der Waals surface area (Å²) in [4.78, 5) is 14.3. The van der Waals surface area contributed by atoms with E-state index in [9.17, 15) is 4.79 Å². The van der Waals surface area contributed by atoms with Crippen LogP contribution in [0.3, 0.4) is 0 Å². The SMILES string of the molecule is C[C@@H](NC(=O)N1CCOCC2(CCC2)C1)C(C)(C)C. The second-order valence-corrected chi connectivity index (χ2v) is 7.36. The van der Waals surface area contributed by atoms with Crippen LogP contribution in [-0.4, -0.2) is 43.3 Å². The smallest absolute Gasteiger partial charge is 0.317 e. The molecule has 1 N–H and O–H groups in total. The van der Waals surface area contributed by atoms with Gasteiger partial charge < -0.3 is 15.0 Å². The normalized spacial score (nSPS) is 24.5. The third-order valence-corrected chi connectivity index (χ3v) is 4.78. The molecule has 19 heavy (non-hydrogen) atoms. The molecule has 1 heterocycles. The number of rotatable bonds is 1. The number of hydrogen-bond donors (Lipinski definition) is 1. The monoisotopic (exact) mass is 268 g/mol. The summed E-state index contributed by atoms with van der Waals surface area (Å²) in [6.45, 7) is 11.6. The van der Waals surface area contributed by atoms with Gasteiger partial charge in [-0.05, 0) is 25.2 Å². The van der Waals surface area contributed by atoms with Gasteiger partial charge in [0.1, 0.15) is 0 Å². The van der Waals surface area contributed by atoms with Gasteiger partial charge in [0.2, 0.25) is 0 Å². The van der Waals surface area contributed by atoms with Gasteiger partial charge in [-0.3, -0.25) is 0 Å². The standard InChI is InChI=1S/C15H28N2O2/c1-12(14(2,3)4)16-13(18)17-8-9-19-11-15(10-17)6-5-7-15/h12H,5-11H2,1-4H3,(H,16,18)/t12-/m1/s1. The number of hydrogen-bond acceptors (Lipinski definition) is 2. The Morgan fingerprint density at radius 3 is 2.58 bits per heavy atom. The van der Waals surface area contributed by atoms with Crippen LogP contribution in [0.2, 0.25) is 0 Å². The van der Waals surface area contributed by atoms with E-state index in [2.05, 4.69) is 33.0 Å². The minimum atomic E-state index is 0.0687. The molecule has 0 radical (unpaired) electrons. The van der Waals surface area contributed by atoms with Gasteiger partial charge >= 0.3 is 6.03 Å². The topological polar surface area (TPSA) is 41.6 Å². The minimum Gasteiger partial charge on any atom is -0.379 e. The molecule has 2 rings (SSSR count). The summed E-state index contributed by atoms with van der Waals surface area (Å²) in [7, 11) is 0. The van der Waals surface area contributed by atoms with Gasteiger partial charge in [-0.25, -0.2) is 4.79 Å². The van der Waals surface area contributed by atoms with Crippen molar-refractivity contribution in [1.29, 1.82) is 0 Å². The summed E-state index contributed by atoms with van der Waals surface area (Å²) in [6, 6.07) is 0.237. The van der Waals surface area contributed by atoms with E-state index in [4.69, 9.17) is 4.74 Å². The lowest BCUT2D eigenvalue weighted by atomic mass is 9.69. The van der Waals surface area contributed by atoms with Crippen molar-refractivity contribution in [2.45, 2.75) is 53.0 Å². The van der Waals surface area contributed by atoms with Gasteiger partial charge in [-0.2, -0.15) is 0 Å². The molecular formula is C15H28N2O2. The molecule has 0 aromatic heterocycles. The van der Waals surface area contributed by atoms with Crippen molar-refractivity contribution in [2.24, 2.45) is 10.8 Å². The van der Waals surface area contributed by atoms with Crippen molar-refractivity contribution in [1.82, 2.24) is 10.2 Å². The molecule has 0 aromatic carbocycles. The van der Waals surface area contributed by atoms with Gasteiger partial charge in [0.15, 0.2) is 0 Å². The Morgan fingerprint density at radius 1 is 1.37 bits per heavy atom. The molecule has 2 aliphatic rings.